The Morgan fingerprint density at radius 2 is 1.86 bits per heavy atom. The highest BCUT2D eigenvalue weighted by Gasteiger charge is 2.31. The Bertz CT molecular complexity index is 470. The molecule has 0 atom stereocenters. The van der Waals surface area contributed by atoms with E-state index in [1.807, 2.05) is 0 Å². The summed E-state index contributed by atoms with van der Waals surface area (Å²) >= 11 is 0. The van der Waals surface area contributed by atoms with Gasteiger partial charge in [-0.15, -0.1) is 13.2 Å². The SMILES string of the molecule is O=C(NCCNCc1ccc(OC(F)(F)F)cc1)C1CC1. The molecule has 21 heavy (non-hydrogen) atoms. The van der Waals surface area contributed by atoms with Crippen molar-refractivity contribution in [1.82, 2.24) is 10.6 Å². The molecule has 0 radical (unpaired) electrons. The molecular weight excluding hydrogens is 285 g/mol. The van der Waals surface area contributed by atoms with Crippen LogP contribution in [0, 0.1) is 5.92 Å². The van der Waals surface area contributed by atoms with Gasteiger partial charge in [-0.05, 0) is 30.5 Å². The lowest BCUT2D eigenvalue weighted by Gasteiger charge is -2.10. The third-order valence-corrected chi connectivity index (χ3v) is 3.04. The second-order valence-electron chi connectivity index (χ2n) is 4.93. The quantitative estimate of drug-likeness (QED) is 0.759. The topological polar surface area (TPSA) is 50.4 Å². The fourth-order valence-electron chi connectivity index (χ4n) is 1.81. The summed E-state index contributed by atoms with van der Waals surface area (Å²) in [6.07, 6.45) is -2.71. The van der Waals surface area contributed by atoms with Crippen molar-refractivity contribution in [2.24, 2.45) is 5.92 Å². The van der Waals surface area contributed by atoms with Crippen LogP contribution in [0.15, 0.2) is 24.3 Å². The van der Waals surface area contributed by atoms with Crippen molar-refractivity contribution in [2.45, 2.75) is 25.7 Å². The second-order valence-corrected chi connectivity index (χ2v) is 4.93. The zero-order valence-electron chi connectivity index (χ0n) is 11.4. The van der Waals surface area contributed by atoms with Gasteiger partial charge in [0.15, 0.2) is 0 Å². The van der Waals surface area contributed by atoms with Crippen molar-refractivity contribution in [3.05, 3.63) is 29.8 Å². The van der Waals surface area contributed by atoms with Crippen molar-refractivity contribution >= 4 is 5.91 Å². The monoisotopic (exact) mass is 302 g/mol. The molecule has 0 heterocycles. The van der Waals surface area contributed by atoms with E-state index in [2.05, 4.69) is 15.4 Å². The van der Waals surface area contributed by atoms with Crippen LogP contribution in [-0.2, 0) is 11.3 Å². The fraction of sp³-hybridized carbons (Fsp3) is 0.500. The van der Waals surface area contributed by atoms with Crippen LogP contribution in [0.5, 0.6) is 5.75 Å². The van der Waals surface area contributed by atoms with Crippen LogP contribution in [0.25, 0.3) is 0 Å². The molecule has 0 bridgehead atoms. The second kappa shape index (κ2) is 6.80. The minimum absolute atomic E-state index is 0.102. The Balaban J connectivity index is 1.63. The summed E-state index contributed by atoms with van der Waals surface area (Å²) in [5.41, 5.74) is 0.845. The summed E-state index contributed by atoms with van der Waals surface area (Å²) in [6.45, 7) is 1.68. The number of carbonyl (C=O) groups is 1. The Kier molecular flexibility index (Phi) is 5.06. The van der Waals surface area contributed by atoms with Crippen molar-refractivity contribution in [1.29, 1.82) is 0 Å². The highest BCUT2D eigenvalue weighted by molar-refractivity contribution is 5.80. The van der Waals surface area contributed by atoms with Crippen LogP contribution in [0.4, 0.5) is 13.2 Å². The minimum Gasteiger partial charge on any atom is -0.406 e. The lowest BCUT2D eigenvalue weighted by molar-refractivity contribution is -0.274. The number of hydrogen-bond acceptors (Lipinski definition) is 3. The van der Waals surface area contributed by atoms with Gasteiger partial charge < -0.3 is 15.4 Å². The van der Waals surface area contributed by atoms with E-state index < -0.39 is 6.36 Å². The minimum atomic E-state index is -4.67. The molecule has 2 rings (SSSR count). The number of nitrogens with one attached hydrogen (secondary N) is 2. The van der Waals surface area contributed by atoms with Gasteiger partial charge in [0.05, 0.1) is 0 Å². The average molecular weight is 302 g/mol. The van der Waals surface area contributed by atoms with Gasteiger partial charge in [-0.3, -0.25) is 4.79 Å². The number of hydrogen-bond donors (Lipinski definition) is 2. The van der Waals surface area contributed by atoms with E-state index in [0.29, 0.717) is 19.6 Å². The van der Waals surface area contributed by atoms with E-state index in [-0.39, 0.29) is 17.6 Å². The lowest BCUT2D eigenvalue weighted by Crippen LogP contribution is -2.32. The number of rotatable bonds is 7. The Morgan fingerprint density at radius 1 is 1.19 bits per heavy atom. The number of carbonyl (C=O) groups excluding carboxylic acids is 1. The normalized spacial score (nSPS) is 14.8. The number of benzene rings is 1. The molecule has 1 aromatic carbocycles. The molecule has 1 aromatic rings. The zero-order valence-corrected chi connectivity index (χ0v) is 11.4. The van der Waals surface area contributed by atoms with Gasteiger partial charge in [-0.1, -0.05) is 12.1 Å². The van der Waals surface area contributed by atoms with Crippen LogP contribution >= 0.6 is 0 Å². The third kappa shape index (κ3) is 6.03. The average Bonchev–Trinajstić information content (AvgIpc) is 3.22. The van der Waals surface area contributed by atoms with Gasteiger partial charge in [0.2, 0.25) is 5.91 Å². The molecule has 7 heteroatoms. The molecule has 1 saturated carbocycles. The molecule has 1 fully saturated rings. The maximum Gasteiger partial charge on any atom is 0.573 e. The number of amides is 1. The molecule has 0 aromatic heterocycles. The Morgan fingerprint density at radius 3 is 2.43 bits per heavy atom. The smallest absolute Gasteiger partial charge is 0.406 e. The van der Waals surface area contributed by atoms with Gasteiger partial charge in [0, 0.05) is 25.6 Å². The lowest BCUT2D eigenvalue weighted by atomic mass is 10.2. The molecule has 1 amide bonds. The van der Waals surface area contributed by atoms with E-state index in [4.69, 9.17) is 0 Å². The van der Waals surface area contributed by atoms with Gasteiger partial charge in [-0.2, -0.15) is 0 Å². The molecule has 116 valence electrons. The van der Waals surface area contributed by atoms with E-state index >= 15 is 0 Å². The number of alkyl halides is 3. The first-order valence-electron chi connectivity index (χ1n) is 6.77. The van der Waals surface area contributed by atoms with Gasteiger partial charge >= 0.3 is 6.36 Å². The van der Waals surface area contributed by atoms with Crippen LogP contribution in [0.3, 0.4) is 0 Å². The largest absolute Gasteiger partial charge is 0.573 e. The molecule has 0 aliphatic heterocycles. The molecule has 1 aliphatic rings. The first kappa shape index (κ1) is 15.6. The van der Waals surface area contributed by atoms with Crippen molar-refractivity contribution in [3.63, 3.8) is 0 Å². The number of halogens is 3. The first-order valence-corrected chi connectivity index (χ1v) is 6.77. The molecule has 2 N–H and O–H groups in total. The van der Waals surface area contributed by atoms with E-state index in [9.17, 15) is 18.0 Å². The van der Waals surface area contributed by atoms with Crippen LogP contribution < -0.4 is 15.4 Å². The van der Waals surface area contributed by atoms with Crippen molar-refractivity contribution in [3.8, 4) is 5.75 Å². The Hall–Kier alpha value is -1.76. The first-order chi connectivity index (χ1) is 9.94. The maximum absolute atomic E-state index is 12.0. The summed E-state index contributed by atoms with van der Waals surface area (Å²) in [5.74, 6) is 0.0691. The summed E-state index contributed by atoms with van der Waals surface area (Å²) in [5, 5.41) is 5.93. The van der Waals surface area contributed by atoms with Crippen molar-refractivity contribution < 1.29 is 22.7 Å². The molecule has 1 aliphatic carbocycles. The third-order valence-electron chi connectivity index (χ3n) is 3.04. The molecular formula is C14H17F3N2O2. The van der Waals surface area contributed by atoms with Crippen LogP contribution in [0.2, 0.25) is 0 Å². The highest BCUT2D eigenvalue weighted by atomic mass is 19.4. The molecule has 0 unspecified atom stereocenters. The summed E-state index contributed by atoms with van der Waals surface area (Å²) in [7, 11) is 0. The Labute approximate surface area is 120 Å². The zero-order chi connectivity index (χ0) is 15.3. The molecule has 0 spiro atoms. The predicted octanol–water partition coefficient (Wildman–Crippen LogP) is 2.20. The van der Waals surface area contributed by atoms with Crippen LogP contribution in [0.1, 0.15) is 18.4 Å². The summed E-state index contributed by atoms with van der Waals surface area (Å²) in [6, 6.07) is 5.69. The van der Waals surface area contributed by atoms with Gasteiger partial charge in [0.25, 0.3) is 0 Å². The van der Waals surface area contributed by atoms with Gasteiger partial charge in [0.1, 0.15) is 5.75 Å². The number of ether oxygens (including phenoxy) is 1. The molecule has 0 saturated heterocycles. The van der Waals surface area contributed by atoms with Crippen LogP contribution in [-0.4, -0.2) is 25.4 Å². The van der Waals surface area contributed by atoms with E-state index in [0.717, 1.165) is 18.4 Å². The summed E-state index contributed by atoms with van der Waals surface area (Å²) in [4.78, 5) is 11.3. The predicted molar refractivity (Wildman–Crippen MR) is 70.6 cm³/mol. The standard InChI is InChI=1S/C14H17F3N2O2/c15-14(16,17)21-12-5-1-10(2-6-12)9-18-7-8-19-13(20)11-3-4-11/h1-2,5-6,11,18H,3-4,7-9H2,(H,19,20). The fourth-order valence-corrected chi connectivity index (χ4v) is 1.81. The summed E-state index contributed by atoms with van der Waals surface area (Å²) < 4.78 is 39.7. The molecule has 4 nitrogen and oxygen atoms in total. The van der Waals surface area contributed by atoms with Crippen molar-refractivity contribution in [2.75, 3.05) is 13.1 Å². The highest BCUT2D eigenvalue weighted by Crippen LogP contribution is 2.28. The van der Waals surface area contributed by atoms with E-state index in [1.54, 1.807) is 12.1 Å². The van der Waals surface area contributed by atoms with E-state index in [1.165, 1.54) is 12.1 Å². The maximum atomic E-state index is 12.0. The van der Waals surface area contributed by atoms with Gasteiger partial charge in [-0.25, -0.2) is 0 Å².